The zero-order chi connectivity index (χ0) is 20.8. The molecule has 1 heterocycles. The fourth-order valence-electron chi connectivity index (χ4n) is 3.50. The topological polar surface area (TPSA) is 60.5 Å². The lowest BCUT2D eigenvalue weighted by Crippen LogP contribution is -2.14. The van der Waals surface area contributed by atoms with Gasteiger partial charge in [0.05, 0.1) is 12.9 Å². The van der Waals surface area contributed by atoms with Gasteiger partial charge >= 0.3 is 0 Å². The third-order valence-electron chi connectivity index (χ3n) is 5.00. The number of nitrogens with zero attached hydrogens (tertiary/aromatic N) is 1. The predicted octanol–water partition coefficient (Wildman–Crippen LogP) is 4.89. The fraction of sp³-hybridized carbons (Fsp3) is 0.250. The number of carbonyl (C=O) groups excluding carboxylic acids is 1. The molecule has 0 saturated heterocycles. The van der Waals surface area contributed by atoms with E-state index in [1.165, 1.54) is 24.0 Å². The molecule has 0 spiro atoms. The van der Waals surface area contributed by atoms with E-state index in [1.54, 1.807) is 43.4 Å². The molecule has 0 bridgehead atoms. The molecule has 154 valence electrons. The molecule has 4 rings (SSSR count). The van der Waals surface area contributed by atoms with Gasteiger partial charge in [0.2, 0.25) is 5.91 Å². The normalized spacial score (nSPS) is 12.3. The van der Waals surface area contributed by atoms with Crippen LogP contribution in [0.4, 0.5) is 5.69 Å². The summed E-state index contributed by atoms with van der Waals surface area (Å²) >= 11 is 1.56. The predicted molar refractivity (Wildman–Crippen MR) is 119 cm³/mol. The summed E-state index contributed by atoms with van der Waals surface area (Å²) in [5.41, 5.74) is 4.50. The van der Waals surface area contributed by atoms with E-state index in [9.17, 15) is 4.79 Å². The number of hydrogen-bond acceptors (Lipinski definition) is 5. The van der Waals surface area contributed by atoms with E-state index < -0.39 is 0 Å². The molecular formula is C24H24N2O3S. The second-order valence-electron chi connectivity index (χ2n) is 7.14. The maximum Gasteiger partial charge on any atom is 0.234 e. The molecule has 1 N–H and O–H groups in total. The lowest BCUT2D eigenvalue weighted by Gasteiger charge is -2.13. The van der Waals surface area contributed by atoms with Crippen molar-refractivity contribution in [2.24, 2.45) is 0 Å². The van der Waals surface area contributed by atoms with E-state index in [0.29, 0.717) is 29.5 Å². The Labute approximate surface area is 180 Å². The molecular weight excluding hydrogens is 396 g/mol. The van der Waals surface area contributed by atoms with Crippen LogP contribution in [0.2, 0.25) is 0 Å². The van der Waals surface area contributed by atoms with E-state index in [2.05, 4.69) is 28.5 Å². The number of ether oxygens (including phenoxy) is 2. The number of methoxy groups -OCH3 is 1. The van der Waals surface area contributed by atoms with Crippen molar-refractivity contribution >= 4 is 23.4 Å². The molecule has 5 nitrogen and oxygen atoms in total. The Kier molecular flexibility index (Phi) is 6.54. The first-order chi connectivity index (χ1) is 14.7. The van der Waals surface area contributed by atoms with E-state index >= 15 is 0 Å². The maximum atomic E-state index is 12.5. The maximum absolute atomic E-state index is 12.5. The fourth-order valence-corrected chi connectivity index (χ4v) is 4.26. The molecule has 2 aromatic carbocycles. The second-order valence-corrected chi connectivity index (χ2v) is 8.19. The molecule has 0 aliphatic heterocycles. The first-order valence-corrected chi connectivity index (χ1v) is 10.9. The van der Waals surface area contributed by atoms with Gasteiger partial charge in [-0.15, -0.1) is 11.8 Å². The molecule has 30 heavy (non-hydrogen) atoms. The number of thioether (sulfide) groups is 1. The summed E-state index contributed by atoms with van der Waals surface area (Å²) in [5.74, 6) is 1.50. The number of nitrogens with one attached hydrogen (secondary N) is 1. The van der Waals surface area contributed by atoms with Crippen LogP contribution in [0.3, 0.4) is 0 Å². The highest BCUT2D eigenvalue weighted by Gasteiger charge is 2.13. The Morgan fingerprint density at radius 3 is 2.83 bits per heavy atom. The molecule has 0 atom stereocenters. The lowest BCUT2D eigenvalue weighted by molar-refractivity contribution is -0.113. The highest BCUT2D eigenvalue weighted by molar-refractivity contribution is 8.00. The van der Waals surface area contributed by atoms with Gasteiger partial charge in [-0.25, -0.2) is 0 Å². The van der Waals surface area contributed by atoms with Crippen molar-refractivity contribution in [1.29, 1.82) is 0 Å². The summed E-state index contributed by atoms with van der Waals surface area (Å²) in [7, 11) is 1.60. The molecule has 6 heteroatoms. The number of anilines is 1. The second kappa shape index (κ2) is 9.67. The molecule has 0 fully saturated rings. The number of fused-ring (bicyclic) bond motifs is 1. The summed E-state index contributed by atoms with van der Waals surface area (Å²) in [6, 6.07) is 15.7. The van der Waals surface area contributed by atoms with Crippen LogP contribution in [0.25, 0.3) is 0 Å². The van der Waals surface area contributed by atoms with Crippen LogP contribution in [0.15, 0.2) is 65.8 Å². The highest BCUT2D eigenvalue weighted by Crippen LogP contribution is 2.31. The van der Waals surface area contributed by atoms with Crippen molar-refractivity contribution < 1.29 is 14.3 Å². The molecule has 0 radical (unpaired) electrons. The Bertz CT molecular complexity index is 1020. The van der Waals surface area contributed by atoms with Gasteiger partial charge in [0.25, 0.3) is 0 Å². The number of hydrogen-bond donors (Lipinski definition) is 1. The van der Waals surface area contributed by atoms with Crippen LogP contribution in [-0.2, 0) is 24.2 Å². The SMILES string of the molecule is COc1ccc(NC(=O)CSc2ccc3c(c2)CCC3)cc1OCc1cccnc1. The Hall–Kier alpha value is -2.99. The van der Waals surface area contributed by atoms with Crippen molar-refractivity contribution in [3.63, 3.8) is 0 Å². The summed E-state index contributed by atoms with van der Waals surface area (Å²) in [6.07, 6.45) is 7.02. The smallest absolute Gasteiger partial charge is 0.234 e. The van der Waals surface area contributed by atoms with E-state index in [-0.39, 0.29) is 5.91 Å². The highest BCUT2D eigenvalue weighted by atomic mass is 32.2. The average molecular weight is 421 g/mol. The van der Waals surface area contributed by atoms with Crippen molar-refractivity contribution in [2.75, 3.05) is 18.2 Å². The minimum atomic E-state index is -0.0520. The third-order valence-corrected chi connectivity index (χ3v) is 6.00. The summed E-state index contributed by atoms with van der Waals surface area (Å²) in [5, 5.41) is 2.95. The van der Waals surface area contributed by atoms with Crippen LogP contribution in [-0.4, -0.2) is 23.8 Å². The number of aryl methyl sites for hydroxylation is 2. The van der Waals surface area contributed by atoms with E-state index in [1.807, 2.05) is 18.2 Å². The number of amides is 1. The van der Waals surface area contributed by atoms with Crippen LogP contribution < -0.4 is 14.8 Å². The van der Waals surface area contributed by atoms with Gasteiger partial charge in [0.1, 0.15) is 6.61 Å². The number of rotatable bonds is 8. The van der Waals surface area contributed by atoms with Gasteiger partial charge in [-0.1, -0.05) is 12.1 Å². The van der Waals surface area contributed by atoms with Crippen molar-refractivity contribution in [3.05, 3.63) is 77.6 Å². The molecule has 0 unspecified atom stereocenters. The zero-order valence-corrected chi connectivity index (χ0v) is 17.7. The molecule has 1 amide bonds. The minimum Gasteiger partial charge on any atom is -0.493 e. The van der Waals surface area contributed by atoms with Gasteiger partial charge in [0.15, 0.2) is 11.5 Å². The van der Waals surface area contributed by atoms with Gasteiger partial charge in [0, 0.05) is 34.6 Å². The quantitative estimate of drug-likeness (QED) is 0.526. The van der Waals surface area contributed by atoms with E-state index in [4.69, 9.17) is 9.47 Å². The Morgan fingerprint density at radius 1 is 1.10 bits per heavy atom. The van der Waals surface area contributed by atoms with E-state index in [0.717, 1.165) is 16.9 Å². The first-order valence-electron chi connectivity index (χ1n) is 9.95. The molecule has 0 saturated carbocycles. The zero-order valence-electron chi connectivity index (χ0n) is 16.9. The lowest BCUT2D eigenvalue weighted by atomic mass is 10.1. The summed E-state index contributed by atoms with van der Waals surface area (Å²) < 4.78 is 11.3. The van der Waals surface area contributed by atoms with Gasteiger partial charge in [-0.3, -0.25) is 9.78 Å². The molecule has 3 aromatic rings. The number of benzene rings is 2. The monoisotopic (exact) mass is 420 g/mol. The van der Waals surface area contributed by atoms with Crippen molar-refractivity contribution in [1.82, 2.24) is 4.98 Å². The molecule has 1 aromatic heterocycles. The average Bonchev–Trinajstić information content (AvgIpc) is 3.25. The largest absolute Gasteiger partial charge is 0.493 e. The first kappa shape index (κ1) is 20.3. The van der Waals surface area contributed by atoms with Gasteiger partial charge in [-0.2, -0.15) is 0 Å². The van der Waals surface area contributed by atoms with Crippen LogP contribution in [0.1, 0.15) is 23.1 Å². The van der Waals surface area contributed by atoms with Crippen molar-refractivity contribution in [2.45, 2.75) is 30.8 Å². The van der Waals surface area contributed by atoms with Crippen LogP contribution >= 0.6 is 11.8 Å². The van der Waals surface area contributed by atoms with Gasteiger partial charge < -0.3 is 14.8 Å². The number of pyridine rings is 1. The third kappa shape index (κ3) is 5.13. The Morgan fingerprint density at radius 2 is 2.00 bits per heavy atom. The molecule has 1 aliphatic rings. The van der Waals surface area contributed by atoms with Crippen LogP contribution in [0.5, 0.6) is 11.5 Å². The number of aromatic nitrogens is 1. The standard InChI is InChI=1S/C24H24N2O3S/c1-28-22-10-8-20(13-23(22)29-15-17-4-3-11-25-14-17)26-24(27)16-30-21-9-7-18-5-2-6-19(18)12-21/h3-4,7-14H,2,5-6,15-16H2,1H3,(H,26,27). The summed E-state index contributed by atoms with van der Waals surface area (Å²) in [4.78, 5) is 17.7. The Balaban J connectivity index is 1.35. The number of carbonyl (C=O) groups is 1. The van der Waals surface area contributed by atoms with Crippen molar-refractivity contribution in [3.8, 4) is 11.5 Å². The summed E-state index contributed by atoms with van der Waals surface area (Å²) in [6.45, 7) is 0.371. The van der Waals surface area contributed by atoms with Crippen LogP contribution in [0, 0.1) is 0 Å². The molecule has 1 aliphatic carbocycles. The van der Waals surface area contributed by atoms with Gasteiger partial charge in [-0.05, 0) is 60.7 Å². The minimum absolute atomic E-state index is 0.0520.